The summed E-state index contributed by atoms with van der Waals surface area (Å²) in [5.41, 5.74) is 1.26. The minimum Gasteiger partial charge on any atom is -0.497 e. The summed E-state index contributed by atoms with van der Waals surface area (Å²) in [4.78, 5) is 17.3. The summed E-state index contributed by atoms with van der Waals surface area (Å²) in [6.45, 7) is 1.80. The quantitative estimate of drug-likeness (QED) is 0.532. The van der Waals surface area contributed by atoms with Crippen LogP contribution in [0.25, 0.3) is 15.3 Å². The Morgan fingerprint density at radius 1 is 1.17 bits per heavy atom. The Hall–Kier alpha value is -3.46. The number of anilines is 1. The van der Waals surface area contributed by atoms with Crippen molar-refractivity contribution in [3.63, 3.8) is 0 Å². The van der Waals surface area contributed by atoms with Gasteiger partial charge in [0.1, 0.15) is 28.7 Å². The monoisotopic (exact) mass is 412 g/mol. The fraction of sp³-hybridized carbons (Fsp3) is 0.150. The number of fused-ring (bicyclic) bond motifs is 1. The lowest BCUT2D eigenvalue weighted by Gasteiger charge is -2.11. The number of benzene rings is 2. The second-order valence-electron chi connectivity index (χ2n) is 6.19. The number of carbonyl (C=O) groups is 1. The van der Waals surface area contributed by atoms with Crippen LogP contribution in [-0.2, 0) is 0 Å². The van der Waals surface area contributed by atoms with Crippen molar-refractivity contribution in [2.75, 3.05) is 19.5 Å². The Labute approximate surface area is 169 Å². The number of methoxy groups -OCH3 is 2. The third-order valence-corrected chi connectivity index (χ3v) is 5.26. The average molecular weight is 412 g/mol. The van der Waals surface area contributed by atoms with Crippen molar-refractivity contribution >= 4 is 33.3 Å². The number of nitrogens with one attached hydrogen (secondary N) is 1. The number of aromatic nitrogens is 3. The predicted octanol–water partition coefficient (Wildman–Crippen LogP) is 4.20. The van der Waals surface area contributed by atoms with Crippen LogP contribution in [-0.4, -0.2) is 34.9 Å². The van der Waals surface area contributed by atoms with E-state index in [4.69, 9.17) is 9.47 Å². The van der Waals surface area contributed by atoms with Crippen LogP contribution in [0.1, 0.15) is 16.1 Å². The molecule has 1 amide bonds. The molecule has 0 spiro atoms. The normalized spacial score (nSPS) is 10.9. The lowest BCUT2D eigenvalue weighted by Crippen LogP contribution is -2.16. The summed E-state index contributed by atoms with van der Waals surface area (Å²) in [5, 5.41) is 7.68. The van der Waals surface area contributed by atoms with E-state index in [1.54, 1.807) is 43.3 Å². The Morgan fingerprint density at radius 2 is 2.00 bits per heavy atom. The minimum absolute atomic E-state index is 0.271. The first kappa shape index (κ1) is 18.9. The highest BCUT2D eigenvalue weighted by Gasteiger charge is 2.19. The van der Waals surface area contributed by atoms with Crippen LogP contribution in [0.15, 0.2) is 42.5 Å². The first-order valence-electron chi connectivity index (χ1n) is 8.65. The number of halogens is 1. The summed E-state index contributed by atoms with van der Waals surface area (Å²) in [6.07, 6.45) is 0. The van der Waals surface area contributed by atoms with Gasteiger partial charge in [-0.3, -0.25) is 4.79 Å². The molecule has 0 aliphatic heterocycles. The number of nitrogens with zero attached hydrogens (tertiary/aromatic N) is 3. The first-order chi connectivity index (χ1) is 14.0. The number of hydrogen-bond donors (Lipinski definition) is 1. The molecule has 2 aromatic heterocycles. The number of rotatable bonds is 5. The fourth-order valence-corrected chi connectivity index (χ4v) is 3.85. The maximum absolute atomic E-state index is 14.0. The zero-order valence-corrected chi connectivity index (χ0v) is 16.7. The van der Waals surface area contributed by atoms with Crippen molar-refractivity contribution in [3.05, 3.63) is 59.5 Å². The topological polar surface area (TPSA) is 78.3 Å². The molecule has 148 valence electrons. The molecule has 0 atom stereocenters. The molecule has 9 heteroatoms. The third-order valence-electron chi connectivity index (χ3n) is 4.26. The van der Waals surface area contributed by atoms with Gasteiger partial charge in [-0.05, 0) is 37.3 Å². The molecule has 29 heavy (non-hydrogen) atoms. The molecule has 0 bridgehead atoms. The fourth-order valence-electron chi connectivity index (χ4n) is 2.90. The molecule has 0 fully saturated rings. The third kappa shape index (κ3) is 3.52. The SMILES string of the molecule is COc1ccc(OC)c(C(=O)Nc2cc(C)nn2-c2nc3c(F)cccc3s2)c1. The number of ether oxygens (including phenoxy) is 2. The minimum atomic E-state index is -0.402. The number of amides is 1. The molecule has 1 N–H and O–H groups in total. The van der Waals surface area contributed by atoms with E-state index in [2.05, 4.69) is 15.4 Å². The van der Waals surface area contributed by atoms with E-state index in [0.717, 1.165) is 0 Å². The van der Waals surface area contributed by atoms with Crippen LogP contribution in [0.2, 0.25) is 0 Å². The summed E-state index contributed by atoms with van der Waals surface area (Å²) >= 11 is 1.28. The summed E-state index contributed by atoms with van der Waals surface area (Å²) in [5.74, 6) is 0.557. The molecule has 0 radical (unpaired) electrons. The molecule has 4 rings (SSSR count). The Bertz CT molecular complexity index is 1220. The highest BCUT2D eigenvalue weighted by molar-refractivity contribution is 7.20. The standard InChI is InChI=1S/C20H17FN4O3S/c1-11-9-17(22-19(26)13-10-12(27-2)7-8-15(13)28-3)25(24-11)20-23-18-14(21)5-4-6-16(18)29-20/h4-10H,1-3H3,(H,22,26). The van der Waals surface area contributed by atoms with E-state index in [-0.39, 0.29) is 5.52 Å². The zero-order chi connectivity index (χ0) is 20.5. The molecule has 7 nitrogen and oxygen atoms in total. The van der Waals surface area contributed by atoms with Crippen molar-refractivity contribution < 1.29 is 18.7 Å². The van der Waals surface area contributed by atoms with Gasteiger partial charge in [0, 0.05) is 6.07 Å². The van der Waals surface area contributed by atoms with Crippen LogP contribution in [0.5, 0.6) is 11.5 Å². The number of hydrogen-bond acceptors (Lipinski definition) is 6. The lowest BCUT2D eigenvalue weighted by atomic mass is 10.1. The summed E-state index contributed by atoms with van der Waals surface area (Å²) in [6, 6.07) is 11.5. The van der Waals surface area contributed by atoms with Gasteiger partial charge in [-0.1, -0.05) is 17.4 Å². The van der Waals surface area contributed by atoms with Crippen LogP contribution in [0.4, 0.5) is 10.2 Å². The Morgan fingerprint density at radius 3 is 2.72 bits per heavy atom. The number of aryl methyl sites for hydroxylation is 1. The molecule has 0 aliphatic carbocycles. The Kier molecular flexibility index (Phi) is 4.89. The maximum Gasteiger partial charge on any atom is 0.260 e. The molecule has 0 unspecified atom stereocenters. The van der Waals surface area contributed by atoms with Crippen molar-refractivity contribution in [3.8, 4) is 16.6 Å². The largest absolute Gasteiger partial charge is 0.497 e. The van der Waals surface area contributed by atoms with E-state index >= 15 is 0 Å². The number of para-hydroxylation sites is 1. The molecular weight excluding hydrogens is 395 g/mol. The van der Waals surface area contributed by atoms with E-state index in [9.17, 15) is 9.18 Å². The number of carbonyl (C=O) groups excluding carboxylic acids is 1. The van der Waals surface area contributed by atoms with Crippen LogP contribution in [0, 0.1) is 12.7 Å². The van der Waals surface area contributed by atoms with Gasteiger partial charge in [0.05, 0.1) is 30.2 Å². The van der Waals surface area contributed by atoms with Crippen LogP contribution < -0.4 is 14.8 Å². The van der Waals surface area contributed by atoms with E-state index in [0.29, 0.717) is 38.4 Å². The van der Waals surface area contributed by atoms with Gasteiger partial charge < -0.3 is 14.8 Å². The van der Waals surface area contributed by atoms with Gasteiger partial charge >= 0.3 is 0 Å². The van der Waals surface area contributed by atoms with Crippen molar-refractivity contribution in [1.29, 1.82) is 0 Å². The van der Waals surface area contributed by atoms with Crippen LogP contribution >= 0.6 is 11.3 Å². The number of thiazole rings is 1. The lowest BCUT2D eigenvalue weighted by molar-refractivity contribution is 0.102. The van der Waals surface area contributed by atoms with Gasteiger partial charge in [-0.15, -0.1) is 0 Å². The average Bonchev–Trinajstić information content (AvgIpc) is 3.31. The van der Waals surface area contributed by atoms with Crippen molar-refractivity contribution in [2.45, 2.75) is 6.92 Å². The van der Waals surface area contributed by atoms with Gasteiger partial charge in [0.2, 0.25) is 5.13 Å². The maximum atomic E-state index is 14.0. The summed E-state index contributed by atoms with van der Waals surface area (Å²) < 4.78 is 26.7. The molecule has 0 aliphatic rings. The van der Waals surface area contributed by atoms with E-state index in [1.807, 2.05) is 0 Å². The highest BCUT2D eigenvalue weighted by atomic mass is 32.1. The van der Waals surface area contributed by atoms with Gasteiger partial charge in [0.15, 0.2) is 0 Å². The van der Waals surface area contributed by atoms with Crippen molar-refractivity contribution in [1.82, 2.24) is 14.8 Å². The molecule has 2 aromatic carbocycles. The van der Waals surface area contributed by atoms with Crippen molar-refractivity contribution in [2.24, 2.45) is 0 Å². The smallest absolute Gasteiger partial charge is 0.260 e. The molecule has 0 saturated heterocycles. The molecule has 2 heterocycles. The molecular formula is C20H17FN4O3S. The second-order valence-corrected chi connectivity index (χ2v) is 7.20. The van der Waals surface area contributed by atoms with E-state index in [1.165, 1.54) is 36.3 Å². The first-order valence-corrected chi connectivity index (χ1v) is 9.47. The molecule has 4 aromatic rings. The highest BCUT2D eigenvalue weighted by Crippen LogP contribution is 2.30. The van der Waals surface area contributed by atoms with Gasteiger partial charge in [-0.2, -0.15) is 9.78 Å². The second kappa shape index (κ2) is 7.51. The zero-order valence-electron chi connectivity index (χ0n) is 15.9. The van der Waals surface area contributed by atoms with Crippen LogP contribution in [0.3, 0.4) is 0 Å². The molecule has 0 saturated carbocycles. The van der Waals surface area contributed by atoms with E-state index < -0.39 is 11.7 Å². The van der Waals surface area contributed by atoms with Gasteiger partial charge in [-0.25, -0.2) is 9.37 Å². The summed E-state index contributed by atoms with van der Waals surface area (Å²) in [7, 11) is 3.01. The predicted molar refractivity (Wildman–Crippen MR) is 109 cm³/mol. The van der Waals surface area contributed by atoms with Gasteiger partial charge in [0.25, 0.3) is 5.91 Å². The Balaban J connectivity index is 1.72.